The van der Waals surface area contributed by atoms with E-state index in [4.69, 9.17) is 0 Å². The fourth-order valence-electron chi connectivity index (χ4n) is 1.54. The highest BCUT2D eigenvalue weighted by Gasteiger charge is 2.11. The van der Waals surface area contributed by atoms with Gasteiger partial charge in [0, 0.05) is 30.2 Å². The van der Waals surface area contributed by atoms with Crippen molar-refractivity contribution in [1.82, 2.24) is 4.98 Å². The third-order valence-corrected chi connectivity index (χ3v) is 2.39. The smallest absolute Gasteiger partial charge is 0.387 e. The zero-order valence-electron chi connectivity index (χ0n) is 10.1. The molecule has 104 valence electrons. The number of nitrogens with one attached hydrogen (secondary N) is 2. The lowest BCUT2D eigenvalue weighted by Gasteiger charge is -2.08. The molecule has 5 nitrogen and oxygen atoms in total. The predicted octanol–water partition coefficient (Wildman–Crippen LogP) is 2.23. The van der Waals surface area contributed by atoms with Crippen molar-refractivity contribution in [3.05, 3.63) is 58.5 Å². The highest BCUT2D eigenvalue weighted by Crippen LogP contribution is 2.19. The number of pyridine rings is 1. The molecule has 0 aliphatic carbocycles. The summed E-state index contributed by atoms with van der Waals surface area (Å²) in [4.78, 5) is 25.9. The number of amides is 1. The van der Waals surface area contributed by atoms with Gasteiger partial charge in [-0.1, -0.05) is 6.07 Å². The van der Waals surface area contributed by atoms with Crippen LogP contribution in [0.2, 0.25) is 0 Å². The predicted molar refractivity (Wildman–Crippen MR) is 68.1 cm³/mol. The van der Waals surface area contributed by atoms with Crippen molar-refractivity contribution < 1.29 is 18.3 Å². The molecule has 0 radical (unpaired) electrons. The Bertz CT molecular complexity index is 670. The van der Waals surface area contributed by atoms with Gasteiger partial charge in [0.25, 0.3) is 5.91 Å². The Morgan fingerprint density at radius 2 is 2.10 bits per heavy atom. The second-order valence-electron chi connectivity index (χ2n) is 3.78. The van der Waals surface area contributed by atoms with Gasteiger partial charge in [-0.15, -0.1) is 0 Å². The Kier molecular flexibility index (Phi) is 4.09. The first-order valence-corrected chi connectivity index (χ1v) is 5.59. The maximum atomic E-state index is 12.1. The van der Waals surface area contributed by atoms with Gasteiger partial charge in [-0.3, -0.25) is 9.59 Å². The van der Waals surface area contributed by atoms with Crippen LogP contribution in [-0.2, 0) is 0 Å². The van der Waals surface area contributed by atoms with E-state index < -0.39 is 17.9 Å². The Balaban J connectivity index is 2.16. The minimum Gasteiger partial charge on any atom is -0.435 e. The van der Waals surface area contributed by atoms with E-state index in [1.807, 2.05) is 0 Å². The Labute approximate surface area is 112 Å². The summed E-state index contributed by atoms with van der Waals surface area (Å²) in [6, 6.07) is 6.72. The molecule has 0 aliphatic heterocycles. The van der Waals surface area contributed by atoms with E-state index in [1.54, 1.807) is 0 Å². The van der Waals surface area contributed by atoms with Crippen LogP contribution in [0, 0.1) is 0 Å². The Morgan fingerprint density at radius 1 is 1.30 bits per heavy atom. The number of benzene rings is 1. The van der Waals surface area contributed by atoms with Gasteiger partial charge < -0.3 is 15.0 Å². The molecule has 0 saturated heterocycles. The van der Waals surface area contributed by atoms with Crippen LogP contribution in [0.4, 0.5) is 14.5 Å². The first-order chi connectivity index (χ1) is 9.56. The fraction of sp³-hybridized carbons (Fsp3) is 0.0769. The molecule has 7 heteroatoms. The zero-order chi connectivity index (χ0) is 14.5. The molecule has 0 bridgehead atoms. The quantitative estimate of drug-likeness (QED) is 0.902. The number of carbonyl (C=O) groups excluding carboxylic acids is 1. The van der Waals surface area contributed by atoms with Gasteiger partial charge in [-0.05, 0) is 12.1 Å². The van der Waals surface area contributed by atoms with Crippen molar-refractivity contribution in [1.29, 1.82) is 0 Å². The van der Waals surface area contributed by atoms with E-state index in [1.165, 1.54) is 42.7 Å². The first-order valence-electron chi connectivity index (χ1n) is 5.59. The highest BCUT2D eigenvalue weighted by molar-refractivity contribution is 6.04. The maximum absolute atomic E-state index is 12.1. The molecular formula is C13H10F2N2O3. The second-order valence-corrected chi connectivity index (χ2v) is 3.78. The third-order valence-electron chi connectivity index (χ3n) is 2.39. The van der Waals surface area contributed by atoms with E-state index in [0.29, 0.717) is 0 Å². The summed E-state index contributed by atoms with van der Waals surface area (Å²) in [5, 5.41) is 2.43. The second kappa shape index (κ2) is 5.96. The van der Waals surface area contributed by atoms with Gasteiger partial charge in [-0.25, -0.2) is 0 Å². The number of halogens is 2. The van der Waals surface area contributed by atoms with Crippen LogP contribution >= 0.6 is 0 Å². The minimum atomic E-state index is -2.95. The van der Waals surface area contributed by atoms with Crippen LogP contribution < -0.4 is 15.5 Å². The lowest BCUT2D eigenvalue weighted by Crippen LogP contribution is -2.20. The molecule has 0 unspecified atom stereocenters. The summed E-state index contributed by atoms with van der Waals surface area (Å²) in [6.07, 6.45) is 2.66. The van der Waals surface area contributed by atoms with Crippen molar-refractivity contribution in [3.63, 3.8) is 0 Å². The third kappa shape index (κ3) is 3.41. The van der Waals surface area contributed by atoms with E-state index in [9.17, 15) is 18.4 Å². The fourth-order valence-corrected chi connectivity index (χ4v) is 1.54. The molecule has 1 aromatic carbocycles. The summed E-state index contributed by atoms with van der Waals surface area (Å²) in [6.45, 7) is -2.95. The van der Waals surface area contributed by atoms with Gasteiger partial charge in [0.15, 0.2) is 5.43 Å². The molecule has 2 aromatic rings. The number of rotatable bonds is 4. The lowest BCUT2D eigenvalue weighted by molar-refractivity contribution is -0.0497. The number of carbonyl (C=O) groups is 1. The number of anilines is 1. The number of alkyl halides is 2. The Hall–Kier alpha value is -2.70. The van der Waals surface area contributed by atoms with E-state index in [2.05, 4.69) is 15.0 Å². The molecule has 2 N–H and O–H groups in total. The number of hydrogen-bond acceptors (Lipinski definition) is 3. The average molecular weight is 280 g/mol. The van der Waals surface area contributed by atoms with Gasteiger partial charge in [0.1, 0.15) is 11.3 Å². The number of hydrogen-bond donors (Lipinski definition) is 2. The van der Waals surface area contributed by atoms with Crippen molar-refractivity contribution in [2.75, 3.05) is 5.32 Å². The molecule has 0 fully saturated rings. The minimum absolute atomic E-state index is 0.0762. The van der Waals surface area contributed by atoms with Gasteiger partial charge in [0.2, 0.25) is 0 Å². The van der Waals surface area contributed by atoms with Crippen molar-refractivity contribution in [2.45, 2.75) is 6.61 Å². The highest BCUT2D eigenvalue weighted by atomic mass is 19.3. The Morgan fingerprint density at radius 3 is 2.80 bits per heavy atom. The maximum Gasteiger partial charge on any atom is 0.387 e. The summed E-state index contributed by atoms with van der Waals surface area (Å²) in [7, 11) is 0. The van der Waals surface area contributed by atoms with Gasteiger partial charge in [-0.2, -0.15) is 8.78 Å². The molecule has 1 aromatic heterocycles. The van der Waals surface area contributed by atoms with Gasteiger partial charge >= 0.3 is 6.61 Å². The monoisotopic (exact) mass is 280 g/mol. The molecule has 1 amide bonds. The molecule has 1 heterocycles. The normalized spacial score (nSPS) is 10.3. The van der Waals surface area contributed by atoms with Gasteiger partial charge in [0.05, 0.1) is 0 Å². The number of aromatic nitrogens is 1. The molecule has 0 aliphatic rings. The van der Waals surface area contributed by atoms with Crippen molar-refractivity contribution in [3.8, 4) is 5.75 Å². The van der Waals surface area contributed by atoms with E-state index in [-0.39, 0.29) is 17.0 Å². The summed E-state index contributed by atoms with van der Waals surface area (Å²) >= 11 is 0. The van der Waals surface area contributed by atoms with Crippen LogP contribution in [0.5, 0.6) is 5.75 Å². The van der Waals surface area contributed by atoms with E-state index >= 15 is 0 Å². The zero-order valence-corrected chi connectivity index (χ0v) is 10.1. The van der Waals surface area contributed by atoms with Crippen LogP contribution in [0.3, 0.4) is 0 Å². The molecule has 20 heavy (non-hydrogen) atoms. The number of aromatic amines is 1. The standard InChI is InChI=1S/C13H10F2N2O3/c14-13(15)20-9-3-1-2-8(6-9)17-12(19)10-7-16-5-4-11(10)18/h1-7,13H,(H,16,18)(H,17,19). The molecule has 0 saturated carbocycles. The molecule has 2 rings (SSSR count). The topological polar surface area (TPSA) is 71.2 Å². The van der Waals surface area contributed by atoms with Crippen molar-refractivity contribution >= 4 is 11.6 Å². The molecular weight excluding hydrogens is 270 g/mol. The number of H-pyrrole nitrogens is 1. The molecule has 0 spiro atoms. The van der Waals surface area contributed by atoms with Crippen LogP contribution in [0.15, 0.2) is 47.5 Å². The number of ether oxygens (including phenoxy) is 1. The van der Waals surface area contributed by atoms with Crippen LogP contribution in [0.1, 0.15) is 10.4 Å². The SMILES string of the molecule is O=C(Nc1cccc(OC(F)F)c1)c1c[nH]ccc1=O. The van der Waals surface area contributed by atoms with Crippen LogP contribution in [-0.4, -0.2) is 17.5 Å². The first kappa shape index (κ1) is 13.7. The average Bonchev–Trinajstić information content (AvgIpc) is 2.38. The summed E-state index contributed by atoms with van der Waals surface area (Å²) in [5.41, 5.74) is -0.273. The largest absolute Gasteiger partial charge is 0.435 e. The summed E-state index contributed by atoms with van der Waals surface area (Å²) in [5.74, 6) is -0.721. The van der Waals surface area contributed by atoms with E-state index in [0.717, 1.165) is 0 Å². The molecule has 0 atom stereocenters. The van der Waals surface area contributed by atoms with Crippen LogP contribution in [0.25, 0.3) is 0 Å². The lowest BCUT2D eigenvalue weighted by atomic mass is 10.2. The summed E-state index contributed by atoms with van der Waals surface area (Å²) < 4.78 is 28.4. The van der Waals surface area contributed by atoms with Crippen molar-refractivity contribution in [2.24, 2.45) is 0 Å².